The summed E-state index contributed by atoms with van der Waals surface area (Å²) in [6.07, 6.45) is 89.1. The van der Waals surface area contributed by atoms with E-state index in [-0.39, 0.29) is 32.0 Å². The summed E-state index contributed by atoms with van der Waals surface area (Å²) in [5.41, 5.74) is 0. The van der Waals surface area contributed by atoms with E-state index in [0.29, 0.717) is 17.4 Å². The zero-order valence-electron chi connectivity index (χ0n) is 55.3. The maximum atomic E-state index is 12.9. The number of likely N-dealkylation sites (N-methyl/N-ethyl adjacent to an activating group) is 1. The molecule has 0 bridgehead atoms. The second-order valence-electron chi connectivity index (χ2n) is 24.5. The van der Waals surface area contributed by atoms with E-state index >= 15 is 0 Å². The minimum Gasteiger partial charge on any atom is -0.756 e. The number of hydrogen-bond acceptors (Lipinski definition) is 8. The van der Waals surface area contributed by atoms with Gasteiger partial charge in [0.1, 0.15) is 19.8 Å². The van der Waals surface area contributed by atoms with Gasteiger partial charge >= 0.3 is 11.9 Å². The van der Waals surface area contributed by atoms with Crippen LogP contribution in [0.1, 0.15) is 309 Å². The van der Waals surface area contributed by atoms with Crippen LogP contribution in [0.15, 0.2) is 97.2 Å². The Bertz CT molecular complexity index is 1740. The van der Waals surface area contributed by atoms with Crippen molar-refractivity contribution in [2.75, 3.05) is 47.5 Å². The van der Waals surface area contributed by atoms with Gasteiger partial charge in [0.05, 0.1) is 27.7 Å². The normalized spacial score (nSPS) is 13.7. The zero-order chi connectivity index (χ0) is 61.2. The Kier molecular flexibility index (Phi) is 62.1. The molecule has 10 heteroatoms. The molecule has 0 heterocycles. The molecule has 486 valence electrons. The van der Waals surface area contributed by atoms with Crippen molar-refractivity contribution in [3.8, 4) is 0 Å². The first kappa shape index (κ1) is 80.9. The fourth-order valence-electron chi connectivity index (χ4n) is 9.79. The number of phosphoric ester groups is 1. The number of nitrogens with zero attached hydrogens (tertiary/aromatic N) is 1. The molecule has 0 saturated carbocycles. The number of phosphoric acid groups is 1. The number of esters is 2. The average Bonchev–Trinajstić information content (AvgIpc) is 3.61. The maximum absolute atomic E-state index is 12.9. The lowest BCUT2D eigenvalue weighted by atomic mass is 10.0. The van der Waals surface area contributed by atoms with Crippen LogP contribution in [0.25, 0.3) is 0 Å². The summed E-state index contributed by atoms with van der Waals surface area (Å²) >= 11 is 0. The fraction of sp³-hybridized carbons (Fsp3) is 0.757. The van der Waals surface area contributed by atoms with Gasteiger partial charge in [0.25, 0.3) is 7.82 Å². The second kappa shape index (κ2) is 64.4. The van der Waals surface area contributed by atoms with Gasteiger partial charge < -0.3 is 27.9 Å². The van der Waals surface area contributed by atoms with Crippen LogP contribution in [0, 0.1) is 0 Å². The largest absolute Gasteiger partial charge is 0.756 e. The van der Waals surface area contributed by atoms with E-state index in [4.69, 9.17) is 18.5 Å². The third kappa shape index (κ3) is 68.0. The van der Waals surface area contributed by atoms with Gasteiger partial charge in [-0.3, -0.25) is 14.2 Å². The number of ether oxygens (including phenoxy) is 2. The van der Waals surface area contributed by atoms with Crippen molar-refractivity contribution >= 4 is 19.8 Å². The molecule has 0 aliphatic rings. The summed E-state index contributed by atoms with van der Waals surface area (Å²) in [5, 5.41) is 0. The van der Waals surface area contributed by atoms with Crippen molar-refractivity contribution in [2.24, 2.45) is 0 Å². The smallest absolute Gasteiger partial charge is 0.306 e. The summed E-state index contributed by atoms with van der Waals surface area (Å²) in [5.74, 6) is -0.829. The molecule has 9 nitrogen and oxygen atoms in total. The lowest BCUT2D eigenvalue weighted by Crippen LogP contribution is -2.37. The van der Waals surface area contributed by atoms with Gasteiger partial charge in [-0.15, -0.1) is 0 Å². The number of hydrogen-bond donors (Lipinski definition) is 0. The minimum atomic E-state index is -4.65. The molecule has 0 aromatic rings. The van der Waals surface area contributed by atoms with E-state index in [0.717, 1.165) is 96.3 Å². The van der Waals surface area contributed by atoms with Crippen LogP contribution in [0.3, 0.4) is 0 Å². The maximum Gasteiger partial charge on any atom is 0.306 e. The topological polar surface area (TPSA) is 111 Å². The van der Waals surface area contributed by atoms with Crippen molar-refractivity contribution in [3.63, 3.8) is 0 Å². The van der Waals surface area contributed by atoms with Crippen molar-refractivity contribution < 1.29 is 42.1 Å². The first-order valence-electron chi connectivity index (χ1n) is 34.9. The quantitative estimate of drug-likeness (QED) is 0.0195. The molecule has 0 aromatic heterocycles. The van der Waals surface area contributed by atoms with Crippen LogP contribution < -0.4 is 4.89 Å². The Labute approximate surface area is 519 Å². The monoisotopic (exact) mass is 1190 g/mol. The molecular formula is C74H132NO8P. The highest BCUT2D eigenvalue weighted by atomic mass is 31.2. The standard InChI is InChI=1S/C74H132NO8P/c1-6-8-10-12-14-16-18-20-22-24-26-28-30-32-33-34-35-36-37-38-39-40-41-43-45-47-49-51-53-55-57-59-61-63-65-67-74(77)83-72(71-82-84(78,79)81-69-68-75(3,4)5)70-80-73(76)66-64-62-60-58-56-54-52-50-48-46-44-42-31-29-27-25-23-21-19-17-15-13-11-9-7-2/h8,10,14,16,20,22,26,28,32-33,35-36,38-39,41,43,72H,6-7,9,11-13,15,17-19,21,23-25,27,29-31,34,37,40,42,44-71H2,1-5H3/b10-8-,16-14-,22-20-,28-26-,33-32-,36-35-,39-38-,43-41-. The van der Waals surface area contributed by atoms with E-state index in [1.54, 1.807) is 0 Å². The van der Waals surface area contributed by atoms with Gasteiger partial charge in [0.15, 0.2) is 6.10 Å². The molecule has 0 fully saturated rings. The van der Waals surface area contributed by atoms with Gasteiger partial charge in [-0.25, -0.2) is 0 Å². The van der Waals surface area contributed by atoms with Gasteiger partial charge in [0, 0.05) is 12.8 Å². The molecular weight excluding hydrogens is 1060 g/mol. The van der Waals surface area contributed by atoms with Crippen molar-refractivity contribution in [1.82, 2.24) is 0 Å². The van der Waals surface area contributed by atoms with Gasteiger partial charge in [0.2, 0.25) is 0 Å². The molecule has 0 aliphatic carbocycles. The summed E-state index contributed by atoms with van der Waals surface area (Å²) in [6, 6.07) is 0. The number of unbranched alkanes of at least 4 members (excludes halogenated alkanes) is 34. The van der Waals surface area contributed by atoms with Crippen LogP contribution in [0.2, 0.25) is 0 Å². The number of carbonyl (C=O) groups excluding carboxylic acids is 2. The molecule has 0 aromatic carbocycles. The number of quaternary nitrogens is 1. The average molecular weight is 1190 g/mol. The Balaban J connectivity index is 4.08. The lowest BCUT2D eigenvalue weighted by molar-refractivity contribution is -0.870. The minimum absolute atomic E-state index is 0.0338. The zero-order valence-corrected chi connectivity index (χ0v) is 56.2. The highest BCUT2D eigenvalue weighted by Gasteiger charge is 2.22. The molecule has 2 unspecified atom stereocenters. The molecule has 0 aliphatic heterocycles. The molecule has 0 radical (unpaired) electrons. The van der Waals surface area contributed by atoms with E-state index in [9.17, 15) is 19.0 Å². The number of carbonyl (C=O) groups is 2. The Morgan fingerprint density at radius 1 is 0.381 bits per heavy atom. The van der Waals surface area contributed by atoms with Crippen LogP contribution in [-0.2, 0) is 32.7 Å². The molecule has 0 amide bonds. The van der Waals surface area contributed by atoms with Gasteiger partial charge in [-0.1, -0.05) is 317 Å². The highest BCUT2D eigenvalue weighted by molar-refractivity contribution is 7.45. The second-order valence-corrected chi connectivity index (χ2v) is 25.9. The van der Waals surface area contributed by atoms with Gasteiger partial charge in [-0.05, 0) is 77.0 Å². The van der Waals surface area contributed by atoms with Crippen LogP contribution >= 0.6 is 7.82 Å². The Morgan fingerprint density at radius 2 is 0.679 bits per heavy atom. The molecule has 0 rings (SSSR count). The third-order valence-electron chi connectivity index (χ3n) is 15.1. The third-order valence-corrected chi connectivity index (χ3v) is 16.1. The van der Waals surface area contributed by atoms with E-state index in [1.807, 2.05) is 21.1 Å². The van der Waals surface area contributed by atoms with E-state index in [1.165, 1.54) is 180 Å². The Morgan fingerprint density at radius 3 is 1.01 bits per heavy atom. The lowest BCUT2D eigenvalue weighted by Gasteiger charge is -2.28. The summed E-state index contributed by atoms with van der Waals surface area (Å²) in [4.78, 5) is 38.1. The van der Waals surface area contributed by atoms with Crippen LogP contribution in [0.5, 0.6) is 0 Å². The SMILES string of the molecule is CC/C=C\C/C=C\C/C=C\C/C=C\C/C=C\C/C=C\C/C=C\C/C=C\CCCCCCCCCCCCC(=O)OC(COC(=O)CCCCCCCCCCCCCCCCCCCCCCCCCCC)COP(=O)([O-])OCC[N+](C)(C)C. The molecule has 84 heavy (non-hydrogen) atoms. The van der Waals surface area contributed by atoms with Gasteiger partial charge in [-0.2, -0.15) is 0 Å². The predicted octanol–water partition coefficient (Wildman–Crippen LogP) is 22.1. The van der Waals surface area contributed by atoms with Crippen molar-refractivity contribution in [2.45, 2.75) is 315 Å². The summed E-state index contributed by atoms with van der Waals surface area (Å²) in [6.45, 7) is 4.16. The highest BCUT2D eigenvalue weighted by Crippen LogP contribution is 2.38. The van der Waals surface area contributed by atoms with Crippen molar-refractivity contribution in [3.05, 3.63) is 97.2 Å². The van der Waals surface area contributed by atoms with Crippen molar-refractivity contribution in [1.29, 1.82) is 0 Å². The van der Waals surface area contributed by atoms with E-state index in [2.05, 4.69) is 111 Å². The predicted molar refractivity (Wildman–Crippen MR) is 360 cm³/mol. The number of allylic oxidation sites excluding steroid dienone is 16. The molecule has 0 spiro atoms. The van der Waals surface area contributed by atoms with Crippen LogP contribution in [-0.4, -0.2) is 70.0 Å². The fourth-order valence-corrected chi connectivity index (χ4v) is 10.5. The molecule has 0 N–H and O–H groups in total. The summed E-state index contributed by atoms with van der Waals surface area (Å²) < 4.78 is 34.3. The van der Waals surface area contributed by atoms with E-state index < -0.39 is 26.5 Å². The molecule has 0 saturated heterocycles. The number of rotatable bonds is 64. The first-order chi connectivity index (χ1) is 41.0. The molecule has 2 atom stereocenters. The Hall–Kier alpha value is -3.07. The summed E-state index contributed by atoms with van der Waals surface area (Å²) in [7, 11) is 1.17. The van der Waals surface area contributed by atoms with Crippen LogP contribution in [0.4, 0.5) is 0 Å². The first-order valence-corrected chi connectivity index (χ1v) is 36.4.